The molecule has 0 spiro atoms. The quantitative estimate of drug-likeness (QED) is 0.450. The number of carbonyl (C=O) groups is 2. The summed E-state index contributed by atoms with van der Waals surface area (Å²) in [6.07, 6.45) is 0.868. The number of nitrogens with one attached hydrogen (secondary N) is 1. The number of thioether (sulfide) groups is 1. The fraction of sp³-hybridized carbons (Fsp3) is 0.320. The number of fused-ring (bicyclic) bond motifs is 9. The van der Waals surface area contributed by atoms with Crippen molar-refractivity contribution in [2.75, 3.05) is 4.90 Å². The fourth-order valence-corrected chi connectivity index (χ4v) is 10.0. The molecule has 3 fully saturated rings. The molecule has 0 unspecified atom stereocenters. The molecule has 5 nitrogen and oxygen atoms in total. The smallest absolute Gasteiger partial charge is 0.305 e. The largest absolute Gasteiger partial charge is 0.307 e. The van der Waals surface area contributed by atoms with Gasteiger partial charge in [-0.05, 0) is 66.1 Å². The van der Waals surface area contributed by atoms with Gasteiger partial charge in [0, 0.05) is 26.1 Å². The van der Waals surface area contributed by atoms with Gasteiger partial charge < -0.3 is 4.98 Å². The molecule has 2 aromatic carbocycles. The highest BCUT2D eigenvalue weighted by molar-refractivity contribution is 8.00. The van der Waals surface area contributed by atoms with Gasteiger partial charge in [-0.1, -0.05) is 46.7 Å². The van der Waals surface area contributed by atoms with Gasteiger partial charge in [0.1, 0.15) is 0 Å². The average Bonchev–Trinajstić information content (AvgIpc) is 3.54. The number of nitrogens with zero attached hydrogens (tertiary/aromatic N) is 1. The maximum absolute atomic E-state index is 13.7. The predicted octanol–water partition coefficient (Wildman–Crippen LogP) is 5.42. The molecular weight excluding hydrogens is 511 g/mol. The summed E-state index contributed by atoms with van der Waals surface area (Å²) >= 11 is 15.2. The van der Waals surface area contributed by atoms with Crippen LogP contribution in [0.25, 0.3) is 0 Å². The third kappa shape index (κ3) is 2.84. The maximum atomic E-state index is 13.7. The zero-order valence-corrected chi connectivity index (χ0v) is 20.8. The van der Waals surface area contributed by atoms with E-state index in [9.17, 15) is 14.4 Å². The Bertz CT molecular complexity index is 1400. The van der Waals surface area contributed by atoms with Gasteiger partial charge in [0.25, 0.3) is 0 Å². The molecule has 0 radical (unpaired) electrons. The van der Waals surface area contributed by atoms with Gasteiger partial charge in [0.2, 0.25) is 11.8 Å². The van der Waals surface area contributed by atoms with Crippen LogP contribution in [0.1, 0.15) is 22.8 Å². The summed E-state index contributed by atoms with van der Waals surface area (Å²) in [5.74, 6) is -0.448. The van der Waals surface area contributed by atoms with Crippen molar-refractivity contribution < 1.29 is 9.59 Å². The van der Waals surface area contributed by atoms with Crippen molar-refractivity contribution >= 4 is 63.8 Å². The molecule has 7 rings (SSSR count). The monoisotopic (exact) mass is 528 g/mol. The van der Waals surface area contributed by atoms with Crippen LogP contribution in [0.15, 0.2) is 58.4 Å². The average molecular weight is 529 g/mol. The van der Waals surface area contributed by atoms with Crippen LogP contribution in [0, 0.1) is 29.6 Å². The Morgan fingerprint density at radius 2 is 1.47 bits per heavy atom. The van der Waals surface area contributed by atoms with Gasteiger partial charge in [-0.15, -0.1) is 11.8 Å². The molecule has 7 atom stereocenters. The zero-order chi connectivity index (χ0) is 23.3. The summed E-state index contributed by atoms with van der Waals surface area (Å²) in [6, 6.07) is 14.7. The Morgan fingerprint density at radius 3 is 2.15 bits per heavy atom. The van der Waals surface area contributed by atoms with Gasteiger partial charge in [0.05, 0.1) is 22.5 Å². The molecule has 3 aromatic rings. The van der Waals surface area contributed by atoms with Crippen molar-refractivity contribution in [2.24, 2.45) is 29.6 Å². The number of halogens is 2. The van der Waals surface area contributed by atoms with E-state index < -0.39 is 0 Å². The number of hydrogen-bond donors (Lipinski definition) is 1. The predicted molar refractivity (Wildman–Crippen MR) is 134 cm³/mol. The maximum Gasteiger partial charge on any atom is 0.305 e. The summed E-state index contributed by atoms with van der Waals surface area (Å²) in [6.45, 7) is 0. The van der Waals surface area contributed by atoms with E-state index in [4.69, 9.17) is 23.2 Å². The first-order chi connectivity index (χ1) is 16.4. The lowest BCUT2D eigenvalue weighted by atomic mass is 9.68. The van der Waals surface area contributed by atoms with Crippen LogP contribution in [0.2, 0.25) is 10.0 Å². The third-order valence-electron chi connectivity index (χ3n) is 8.04. The van der Waals surface area contributed by atoms with Crippen molar-refractivity contribution in [3.63, 3.8) is 0 Å². The molecular formula is C25H18Cl2N2O3S2. The standard InChI is InChI=1S/C25H18Cl2N2O3S2/c26-11-3-1-10(2-4-11)16-17-14-9-15(20(17)33-22-21(16)34-25(32)28-22)19-18(14)23(30)29(24(19)31)13-7-5-12(27)6-8-13/h1-8,14-20H,9H2,(H,28,32)/t14-,15+,16-,17+,18-,19-,20-/m1/s1. The Morgan fingerprint density at radius 1 is 0.853 bits per heavy atom. The summed E-state index contributed by atoms with van der Waals surface area (Å²) in [4.78, 5) is 44.9. The zero-order valence-electron chi connectivity index (χ0n) is 17.6. The van der Waals surface area contributed by atoms with Crippen LogP contribution in [-0.4, -0.2) is 22.0 Å². The molecule has 4 aliphatic rings. The number of anilines is 1. The van der Waals surface area contributed by atoms with Gasteiger partial charge in [0.15, 0.2) is 0 Å². The first kappa shape index (κ1) is 21.2. The third-order valence-corrected chi connectivity index (χ3v) is 11.1. The van der Waals surface area contributed by atoms with Crippen LogP contribution in [0.5, 0.6) is 0 Å². The van der Waals surface area contributed by atoms with E-state index in [-0.39, 0.29) is 57.4 Å². The van der Waals surface area contributed by atoms with Gasteiger partial charge in [-0.2, -0.15) is 0 Å². The van der Waals surface area contributed by atoms with Crippen molar-refractivity contribution in [3.8, 4) is 0 Å². The van der Waals surface area contributed by atoms with Crippen molar-refractivity contribution in [1.82, 2.24) is 4.98 Å². The van der Waals surface area contributed by atoms with Crippen LogP contribution < -0.4 is 9.77 Å². The van der Waals surface area contributed by atoms with E-state index in [0.717, 1.165) is 21.9 Å². The number of imide groups is 1. The van der Waals surface area contributed by atoms with E-state index in [2.05, 4.69) is 4.98 Å². The number of carbonyl (C=O) groups excluding carboxylic acids is 2. The molecule has 2 bridgehead atoms. The molecule has 2 amide bonds. The van der Waals surface area contributed by atoms with Gasteiger partial charge in [-0.3, -0.25) is 19.3 Å². The van der Waals surface area contributed by atoms with E-state index in [0.29, 0.717) is 15.7 Å². The molecule has 9 heteroatoms. The lowest BCUT2D eigenvalue weighted by molar-refractivity contribution is -0.123. The molecule has 1 N–H and O–H groups in total. The number of rotatable bonds is 2. The van der Waals surface area contributed by atoms with E-state index in [1.807, 2.05) is 24.3 Å². The first-order valence-corrected chi connectivity index (χ1v) is 13.7. The van der Waals surface area contributed by atoms with Crippen LogP contribution in [0.4, 0.5) is 5.69 Å². The van der Waals surface area contributed by atoms with Crippen molar-refractivity contribution in [2.45, 2.75) is 22.6 Å². The minimum Gasteiger partial charge on any atom is -0.307 e. The Labute approximate surface area is 213 Å². The lowest BCUT2D eigenvalue weighted by Crippen LogP contribution is -2.42. The Balaban J connectivity index is 1.32. The number of amides is 2. The SMILES string of the molecule is O=C1[C@@H]2[C@@H]3C[C@@H]([C@H]2C(=O)N1c1ccc(Cl)cc1)[C@H]1[C@@H](c2ccc(Cl)cc2)c2sc(=O)[nH]c2S[C@H]31. The summed E-state index contributed by atoms with van der Waals surface area (Å²) in [5, 5.41) is 2.31. The van der Waals surface area contributed by atoms with Gasteiger partial charge in [-0.25, -0.2) is 0 Å². The Hall–Kier alpha value is -2.06. The highest BCUT2D eigenvalue weighted by Crippen LogP contribution is 2.68. The summed E-state index contributed by atoms with van der Waals surface area (Å²) < 4.78 is 0. The number of benzene rings is 2. The number of H-pyrrole nitrogens is 1. The highest BCUT2D eigenvalue weighted by Gasteiger charge is 2.69. The van der Waals surface area contributed by atoms with E-state index in [1.54, 1.807) is 36.0 Å². The molecule has 3 heterocycles. The second-order valence-electron chi connectivity index (χ2n) is 9.50. The molecule has 1 saturated heterocycles. The topological polar surface area (TPSA) is 70.2 Å². The van der Waals surface area contributed by atoms with E-state index in [1.165, 1.54) is 16.2 Å². The highest BCUT2D eigenvalue weighted by atomic mass is 35.5. The van der Waals surface area contributed by atoms with E-state index >= 15 is 0 Å². The summed E-state index contributed by atoms with van der Waals surface area (Å²) in [5.41, 5.74) is 1.69. The first-order valence-electron chi connectivity index (χ1n) is 11.2. The molecule has 1 aromatic heterocycles. The summed E-state index contributed by atoms with van der Waals surface area (Å²) in [7, 11) is 0. The van der Waals surface area contributed by atoms with Crippen molar-refractivity contribution in [3.05, 3.63) is 78.7 Å². The molecule has 2 aliphatic heterocycles. The molecule has 2 aliphatic carbocycles. The molecule has 172 valence electrons. The number of thiazole rings is 1. The minimum atomic E-state index is -0.318. The molecule has 2 saturated carbocycles. The number of aromatic nitrogens is 1. The molecule has 34 heavy (non-hydrogen) atoms. The number of aromatic amines is 1. The van der Waals surface area contributed by atoms with Crippen molar-refractivity contribution in [1.29, 1.82) is 0 Å². The minimum absolute atomic E-state index is 0.00546. The van der Waals surface area contributed by atoms with Crippen LogP contribution in [-0.2, 0) is 9.59 Å². The number of hydrogen-bond acceptors (Lipinski definition) is 5. The normalized spacial score (nSPS) is 33.2. The second-order valence-corrected chi connectivity index (χ2v) is 12.6. The Kier molecular flexibility index (Phi) is 4.67. The van der Waals surface area contributed by atoms with Crippen LogP contribution >= 0.6 is 46.3 Å². The fourth-order valence-electron chi connectivity index (χ4n) is 6.90. The second kappa shape index (κ2) is 7.47. The lowest BCUT2D eigenvalue weighted by Gasteiger charge is -2.43. The van der Waals surface area contributed by atoms with Crippen LogP contribution in [0.3, 0.4) is 0 Å². The van der Waals surface area contributed by atoms with Gasteiger partial charge >= 0.3 is 4.87 Å².